The van der Waals surface area contributed by atoms with Gasteiger partial charge in [-0.25, -0.2) is 0 Å². The number of hydrogen-bond donors (Lipinski definition) is 1. The van der Waals surface area contributed by atoms with Gasteiger partial charge in [-0.05, 0) is 37.1 Å². The van der Waals surface area contributed by atoms with Crippen molar-refractivity contribution in [3.63, 3.8) is 0 Å². The zero-order valence-electron chi connectivity index (χ0n) is 18.3. The van der Waals surface area contributed by atoms with Crippen LogP contribution in [0, 0.1) is 5.92 Å². The molecule has 1 aliphatic heterocycles. The molecule has 2 aromatic carbocycles. The number of hydrogen-bond acceptors (Lipinski definition) is 6. The Kier molecular flexibility index (Phi) is 7.23. The zero-order chi connectivity index (χ0) is 22.4. The lowest BCUT2D eigenvalue weighted by Crippen LogP contribution is -2.41. The van der Waals surface area contributed by atoms with Crippen molar-refractivity contribution in [1.82, 2.24) is 4.90 Å². The Morgan fingerprint density at radius 2 is 1.55 bits per heavy atom. The monoisotopic (exact) mass is 428 g/mol. The summed E-state index contributed by atoms with van der Waals surface area (Å²) in [6.45, 7) is 0.984. The highest BCUT2D eigenvalue weighted by molar-refractivity contribution is 5.96. The molecule has 0 atom stereocenters. The van der Waals surface area contributed by atoms with Gasteiger partial charge in [-0.2, -0.15) is 0 Å². The standard InChI is InChI=1S/C23H28N2O6/c1-28-18-7-5-6-17(14-18)24-22(26)15-8-10-25(11-9-15)23(27)16-12-19(29-2)21(31-4)20(13-16)30-3/h5-7,12-15H,8-11H2,1-4H3,(H,24,26). The minimum Gasteiger partial charge on any atom is -0.497 e. The van der Waals surface area contributed by atoms with Gasteiger partial charge in [-0.1, -0.05) is 6.07 Å². The second kappa shape index (κ2) is 10.1. The quantitative estimate of drug-likeness (QED) is 0.729. The second-order valence-electron chi connectivity index (χ2n) is 7.20. The predicted molar refractivity (Wildman–Crippen MR) is 116 cm³/mol. The van der Waals surface area contributed by atoms with Crippen LogP contribution in [0.1, 0.15) is 23.2 Å². The number of methoxy groups -OCH3 is 4. The molecule has 3 rings (SSSR count). The summed E-state index contributed by atoms with van der Waals surface area (Å²) in [5.41, 5.74) is 1.15. The van der Waals surface area contributed by atoms with E-state index in [1.807, 2.05) is 18.2 Å². The van der Waals surface area contributed by atoms with Gasteiger partial charge in [0.2, 0.25) is 11.7 Å². The first-order chi connectivity index (χ1) is 15.0. The van der Waals surface area contributed by atoms with E-state index >= 15 is 0 Å². The summed E-state index contributed by atoms with van der Waals surface area (Å²) in [6, 6.07) is 10.5. The maximum absolute atomic E-state index is 13.0. The lowest BCUT2D eigenvalue weighted by molar-refractivity contribution is -0.121. The number of benzene rings is 2. The molecule has 0 unspecified atom stereocenters. The highest BCUT2D eigenvalue weighted by atomic mass is 16.5. The first-order valence-electron chi connectivity index (χ1n) is 10.0. The van der Waals surface area contributed by atoms with Crippen LogP contribution in [0.2, 0.25) is 0 Å². The number of nitrogens with zero attached hydrogens (tertiary/aromatic N) is 1. The summed E-state index contributed by atoms with van der Waals surface area (Å²) in [5.74, 6) is 1.64. The first-order valence-corrected chi connectivity index (χ1v) is 10.0. The molecule has 0 spiro atoms. The highest BCUT2D eigenvalue weighted by Gasteiger charge is 2.29. The molecule has 0 radical (unpaired) electrons. The first kappa shape index (κ1) is 22.3. The fraction of sp³-hybridized carbons (Fsp3) is 0.391. The van der Waals surface area contributed by atoms with Crippen molar-refractivity contribution in [2.75, 3.05) is 46.8 Å². The fourth-order valence-electron chi connectivity index (χ4n) is 3.68. The Bertz CT molecular complexity index is 912. The van der Waals surface area contributed by atoms with Gasteiger partial charge in [0.1, 0.15) is 5.75 Å². The number of nitrogens with one attached hydrogen (secondary N) is 1. The predicted octanol–water partition coefficient (Wildman–Crippen LogP) is 3.21. The summed E-state index contributed by atoms with van der Waals surface area (Å²) in [6.07, 6.45) is 1.18. The SMILES string of the molecule is COc1cccc(NC(=O)C2CCN(C(=O)c3cc(OC)c(OC)c(OC)c3)CC2)c1. The molecule has 31 heavy (non-hydrogen) atoms. The minimum absolute atomic E-state index is 0.0480. The number of rotatable bonds is 7. The van der Waals surface area contributed by atoms with Gasteiger partial charge in [0.15, 0.2) is 11.5 Å². The molecule has 2 aromatic rings. The Balaban J connectivity index is 1.64. The smallest absolute Gasteiger partial charge is 0.254 e. The van der Waals surface area contributed by atoms with Gasteiger partial charge < -0.3 is 29.2 Å². The van der Waals surface area contributed by atoms with Gasteiger partial charge in [-0.3, -0.25) is 9.59 Å². The molecule has 0 aromatic heterocycles. The van der Waals surface area contributed by atoms with E-state index in [4.69, 9.17) is 18.9 Å². The zero-order valence-corrected chi connectivity index (χ0v) is 18.3. The summed E-state index contributed by atoms with van der Waals surface area (Å²) in [7, 11) is 6.13. The van der Waals surface area contributed by atoms with Gasteiger partial charge in [0, 0.05) is 36.3 Å². The van der Waals surface area contributed by atoms with Crippen LogP contribution >= 0.6 is 0 Å². The van der Waals surface area contributed by atoms with Gasteiger partial charge in [0.25, 0.3) is 5.91 Å². The van der Waals surface area contributed by atoms with Crippen molar-refractivity contribution in [1.29, 1.82) is 0 Å². The van der Waals surface area contributed by atoms with Crippen molar-refractivity contribution in [3.05, 3.63) is 42.0 Å². The molecule has 1 N–H and O–H groups in total. The molecule has 0 saturated carbocycles. The number of amides is 2. The van der Waals surface area contributed by atoms with Crippen molar-refractivity contribution in [3.8, 4) is 23.0 Å². The fourth-order valence-corrected chi connectivity index (χ4v) is 3.68. The number of anilines is 1. The van der Waals surface area contributed by atoms with E-state index < -0.39 is 0 Å². The molecule has 1 saturated heterocycles. The van der Waals surface area contributed by atoms with E-state index in [-0.39, 0.29) is 17.7 Å². The third-order valence-corrected chi connectivity index (χ3v) is 5.40. The van der Waals surface area contributed by atoms with Gasteiger partial charge in [0.05, 0.1) is 28.4 Å². The summed E-state index contributed by atoms with van der Waals surface area (Å²) < 4.78 is 21.2. The van der Waals surface area contributed by atoms with Crippen LogP contribution in [0.15, 0.2) is 36.4 Å². The Hall–Kier alpha value is -3.42. The largest absolute Gasteiger partial charge is 0.497 e. The molecule has 0 aliphatic carbocycles. The van der Waals surface area contributed by atoms with Crippen LogP contribution in [-0.4, -0.2) is 58.2 Å². The number of carbonyl (C=O) groups is 2. The number of ether oxygens (including phenoxy) is 4. The van der Waals surface area contributed by atoms with Crippen LogP contribution in [0.3, 0.4) is 0 Å². The average molecular weight is 428 g/mol. The highest BCUT2D eigenvalue weighted by Crippen LogP contribution is 2.38. The van der Waals surface area contributed by atoms with Crippen LogP contribution in [-0.2, 0) is 4.79 Å². The Labute approximate surface area is 182 Å². The normalized spacial score (nSPS) is 14.0. The van der Waals surface area contributed by atoms with Crippen molar-refractivity contribution < 1.29 is 28.5 Å². The Morgan fingerprint density at radius 1 is 0.903 bits per heavy atom. The molecule has 8 heteroatoms. The van der Waals surface area contributed by atoms with E-state index in [1.54, 1.807) is 30.2 Å². The topological polar surface area (TPSA) is 86.3 Å². The third kappa shape index (κ3) is 5.02. The van der Waals surface area contributed by atoms with E-state index in [2.05, 4.69) is 5.32 Å². The van der Waals surface area contributed by atoms with E-state index in [0.29, 0.717) is 60.2 Å². The molecule has 0 bridgehead atoms. The Morgan fingerprint density at radius 3 is 2.10 bits per heavy atom. The minimum atomic E-state index is -0.157. The van der Waals surface area contributed by atoms with Gasteiger partial charge >= 0.3 is 0 Å². The molecular weight excluding hydrogens is 400 g/mol. The van der Waals surface area contributed by atoms with E-state index in [9.17, 15) is 9.59 Å². The van der Waals surface area contributed by atoms with Gasteiger partial charge in [-0.15, -0.1) is 0 Å². The molecule has 1 fully saturated rings. The molecule has 166 valence electrons. The lowest BCUT2D eigenvalue weighted by Gasteiger charge is -2.31. The maximum Gasteiger partial charge on any atom is 0.254 e. The van der Waals surface area contributed by atoms with Crippen LogP contribution < -0.4 is 24.3 Å². The molecule has 8 nitrogen and oxygen atoms in total. The third-order valence-electron chi connectivity index (χ3n) is 5.40. The number of piperidine rings is 1. The van der Waals surface area contributed by atoms with Crippen LogP contribution in [0.4, 0.5) is 5.69 Å². The summed E-state index contributed by atoms with van der Waals surface area (Å²) >= 11 is 0. The molecule has 1 heterocycles. The van der Waals surface area contributed by atoms with Crippen molar-refractivity contribution >= 4 is 17.5 Å². The lowest BCUT2D eigenvalue weighted by atomic mass is 9.95. The van der Waals surface area contributed by atoms with E-state index in [1.165, 1.54) is 21.3 Å². The summed E-state index contributed by atoms with van der Waals surface area (Å²) in [4.78, 5) is 27.4. The number of likely N-dealkylation sites (tertiary alicyclic amines) is 1. The van der Waals surface area contributed by atoms with E-state index in [0.717, 1.165) is 0 Å². The van der Waals surface area contributed by atoms with Crippen LogP contribution in [0.25, 0.3) is 0 Å². The number of carbonyl (C=O) groups excluding carboxylic acids is 2. The molecular formula is C23H28N2O6. The van der Waals surface area contributed by atoms with Crippen molar-refractivity contribution in [2.45, 2.75) is 12.8 Å². The average Bonchev–Trinajstić information content (AvgIpc) is 2.82. The second-order valence-corrected chi connectivity index (χ2v) is 7.20. The summed E-state index contributed by atoms with van der Waals surface area (Å²) in [5, 5.41) is 2.94. The maximum atomic E-state index is 13.0. The molecule has 1 aliphatic rings. The van der Waals surface area contributed by atoms with Crippen molar-refractivity contribution in [2.24, 2.45) is 5.92 Å². The molecule has 2 amide bonds. The van der Waals surface area contributed by atoms with Crippen LogP contribution in [0.5, 0.6) is 23.0 Å².